The molecule has 19 heavy (non-hydrogen) atoms. The van der Waals surface area contributed by atoms with Crippen LogP contribution in [0.15, 0.2) is 6.20 Å². The third-order valence-corrected chi connectivity index (χ3v) is 4.97. The zero-order valence-electron chi connectivity index (χ0n) is 12.1. The Labute approximate surface area is 120 Å². The Morgan fingerprint density at radius 1 is 1.42 bits per heavy atom. The Morgan fingerprint density at radius 2 is 2.26 bits per heavy atom. The molecule has 1 fully saturated rings. The highest BCUT2D eigenvalue weighted by Crippen LogP contribution is 2.37. The molecule has 1 unspecified atom stereocenters. The van der Waals surface area contributed by atoms with Gasteiger partial charge in [0.1, 0.15) is 5.82 Å². The topological polar surface area (TPSA) is 49.8 Å². The lowest BCUT2D eigenvalue weighted by molar-refractivity contribution is 0.633. The van der Waals surface area contributed by atoms with Crippen LogP contribution >= 0.6 is 11.8 Å². The SMILES string of the molecule is CCCNc1ncc(C)c(NCC2(C)CCCS2)n1. The van der Waals surface area contributed by atoms with Crippen molar-refractivity contribution in [1.29, 1.82) is 0 Å². The van der Waals surface area contributed by atoms with E-state index in [0.717, 1.165) is 36.8 Å². The van der Waals surface area contributed by atoms with Gasteiger partial charge in [-0.3, -0.25) is 0 Å². The van der Waals surface area contributed by atoms with Crippen LogP contribution in [0.25, 0.3) is 0 Å². The predicted octanol–water partition coefficient (Wildman–Crippen LogP) is 3.30. The van der Waals surface area contributed by atoms with Crippen LogP contribution in [0.5, 0.6) is 0 Å². The molecule has 1 aliphatic rings. The Morgan fingerprint density at radius 3 is 2.95 bits per heavy atom. The molecule has 1 aliphatic heterocycles. The molecule has 1 saturated heterocycles. The minimum atomic E-state index is 0.356. The smallest absolute Gasteiger partial charge is 0.224 e. The Hall–Kier alpha value is -0.970. The number of hydrogen-bond acceptors (Lipinski definition) is 5. The van der Waals surface area contributed by atoms with Gasteiger partial charge in [0.25, 0.3) is 0 Å². The molecule has 0 spiro atoms. The van der Waals surface area contributed by atoms with Crippen LogP contribution in [0.2, 0.25) is 0 Å². The zero-order valence-corrected chi connectivity index (χ0v) is 12.9. The molecule has 2 heterocycles. The highest BCUT2D eigenvalue weighted by atomic mass is 32.2. The van der Waals surface area contributed by atoms with Crippen molar-refractivity contribution in [3.05, 3.63) is 11.8 Å². The summed E-state index contributed by atoms with van der Waals surface area (Å²) in [4.78, 5) is 8.87. The Kier molecular flexibility index (Phi) is 4.91. The fourth-order valence-corrected chi connectivity index (χ4v) is 3.43. The molecule has 0 radical (unpaired) electrons. The molecule has 0 aromatic carbocycles. The molecule has 1 atom stereocenters. The molecular weight excluding hydrogens is 256 g/mol. The molecule has 0 amide bonds. The van der Waals surface area contributed by atoms with E-state index in [9.17, 15) is 0 Å². The molecule has 0 bridgehead atoms. The summed E-state index contributed by atoms with van der Waals surface area (Å²) in [7, 11) is 0. The van der Waals surface area contributed by atoms with Gasteiger partial charge < -0.3 is 10.6 Å². The first-order chi connectivity index (χ1) is 9.13. The molecule has 1 aromatic heterocycles. The summed E-state index contributed by atoms with van der Waals surface area (Å²) >= 11 is 2.07. The van der Waals surface area contributed by atoms with Crippen molar-refractivity contribution in [1.82, 2.24) is 9.97 Å². The molecule has 0 aliphatic carbocycles. The maximum absolute atomic E-state index is 4.56. The standard InChI is InChI=1S/C14H24N4S/c1-4-7-15-13-16-9-11(2)12(18-13)17-10-14(3)6-5-8-19-14/h9H,4-8,10H2,1-3H3,(H2,15,16,17,18). The fourth-order valence-electron chi connectivity index (χ4n) is 2.19. The van der Waals surface area contributed by atoms with Crippen molar-refractivity contribution in [3.63, 3.8) is 0 Å². The summed E-state index contributed by atoms with van der Waals surface area (Å²) < 4.78 is 0.356. The normalized spacial score (nSPS) is 22.5. The number of aryl methyl sites for hydroxylation is 1. The lowest BCUT2D eigenvalue weighted by Gasteiger charge is -2.23. The Balaban J connectivity index is 1.98. The van der Waals surface area contributed by atoms with Gasteiger partial charge in [-0.15, -0.1) is 0 Å². The molecular formula is C14H24N4S. The quantitative estimate of drug-likeness (QED) is 0.837. The van der Waals surface area contributed by atoms with Gasteiger partial charge in [0.2, 0.25) is 5.95 Å². The molecule has 0 saturated carbocycles. The highest BCUT2D eigenvalue weighted by molar-refractivity contribution is 8.00. The average Bonchev–Trinajstić information content (AvgIpc) is 2.84. The number of rotatable bonds is 6. The van der Waals surface area contributed by atoms with Crippen LogP contribution in [0.3, 0.4) is 0 Å². The van der Waals surface area contributed by atoms with E-state index in [-0.39, 0.29) is 0 Å². The number of nitrogens with zero attached hydrogens (tertiary/aromatic N) is 2. The number of thioether (sulfide) groups is 1. The van der Waals surface area contributed by atoms with Gasteiger partial charge in [-0.25, -0.2) is 4.98 Å². The summed E-state index contributed by atoms with van der Waals surface area (Å²) in [6.45, 7) is 8.41. The van der Waals surface area contributed by atoms with Gasteiger partial charge in [0, 0.05) is 29.6 Å². The second kappa shape index (κ2) is 6.46. The molecule has 4 nitrogen and oxygen atoms in total. The van der Waals surface area contributed by atoms with E-state index in [2.05, 4.69) is 53.1 Å². The minimum absolute atomic E-state index is 0.356. The molecule has 1 aromatic rings. The second-order valence-corrected chi connectivity index (χ2v) is 7.09. The van der Waals surface area contributed by atoms with Crippen molar-refractivity contribution >= 4 is 23.5 Å². The van der Waals surface area contributed by atoms with Crippen molar-refractivity contribution in [3.8, 4) is 0 Å². The molecule has 2 N–H and O–H groups in total. The molecule has 2 rings (SSSR count). The number of hydrogen-bond donors (Lipinski definition) is 2. The minimum Gasteiger partial charge on any atom is -0.368 e. The lowest BCUT2D eigenvalue weighted by Crippen LogP contribution is -2.27. The van der Waals surface area contributed by atoms with E-state index in [1.165, 1.54) is 18.6 Å². The third-order valence-electron chi connectivity index (χ3n) is 3.44. The van der Waals surface area contributed by atoms with E-state index < -0.39 is 0 Å². The average molecular weight is 280 g/mol. The summed E-state index contributed by atoms with van der Waals surface area (Å²) in [6, 6.07) is 0. The van der Waals surface area contributed by atoms with Gasteiger partial charge in [-0.1, -0.05) is 6.92 Å². The van der Waals surface area contributed by atoms with E-state index in [1.807, 2.05) is 6.20 Å². The molecule has 5 heteroatoms. The second-order valence-electron chi connectivity index (χ2n) is 5.41. The largest absolute Gasteiger partial charge is 0.368 e. The zero-order chi connectivity index (χ0) is 13.7. The van der Waals surface area contributed by atoms with Gasteiger partial charge >= 0.3 is 0 Å². The van der Waals surface area contributed by atoms with Gasteiger partial charge in [-0.2, -0.15) is 16.7 Å². The van der Waals surface area contributed by atoms with Crippen LogP contribution in [0.4, 0.5) is 11.8 Å². The number of nitrogens with one attached hydrogen (secondary N) is 2. The first kappa shape index (κ1) is 14.4. The summed E-state index contributed by atoms with van der Waals surface area (Å²) in [5.74, 6) is 2.96. The van der Waals surface area contributed by atoms with Crippen LogP contribution < -0.4 is 10.6 Å². The monoisotopic (exact) mass is 280 g/mol. The van der Waals surface area contributed by atoms with E-state index in [1.54, 1.807) is 0 Å². The van der Waals surface area contributed by atoms with E-state index >= 15 is 0 Å². The third kappa shape index (κ3) is 4.00. The summed E-state index contributed by atoms with van der Waals surface area (Å²) in [6.07, 6.45) is 5.58. The maximum atomic E-state index is 4.56. The highest BCUT2D eigenvalue weighted by Gasteiger charge is 2.29. The van der Waals surface area contributed by atoms with Crippen LogP contribution in [0, 0.1) is 6.92 Å². The van der Waals surface area contributed by atoms with Crippen LogP contribution in [-0.2, 0) is 0 Å². The summed E-state index contributed by atoms with van der Waals surface area (Å²) in [5, 5.41) is 6.73. The molecule has 106 valence electrons. The fraction of sp³-hybridized carbons (Fsp3) is 0.714. The summed E-state index contributed by atoms with van der Waals surface area (Å²) in [5.41, 5.74) is 1.11. The number of aromatic nitrogens is 2. The first-order valence-electron chi connectivity index (χ1n) is 7.08. The van der Waals surface area contributed by atoms with E-state index in [4.69, 9.17) is 0 Å². The Bertz CT molecular complexity index is 416. The van der Waals surface area contributed by atoms with Gasteiger partial charge in [0.15, 0.2) is 0 Å². The van der Waals surface area contributed by atoms with Crippen LogP contribution in [-0.4, -0.2) is 33.6 Å². The van der Waals surface area contributed by atoms with Crippen molar-refractivity contribution < 1.29 is 0 Å². The number of anilines is 2. The van der Waals surface area contributed by atoms with Gasteiger partial charge in [0.05, 0.1) is 0 Å². The van der Waals surface area contributed by atoms with Crippen LogP contribution in [0.1, 0.15) is 38.7 Å². The van der Waals surface area contributed by atoms with Gasteiger partial charge in [-0.05, 0) is 38.9 Å². The van der Waals surface area contributed by atoms with Crippen molar-refractivity contribution in [2.45, 2.75) is 44.8 Å². The lowest BCUT2D eigenvalue weighted by atomic mass is 10.1. The maximum Gasteiger partial charge on any atom is 0.224 e. The van der Waals surface area contributed by atoms with Crippen molar-refractivity contribution in [2.24, 2.45) is 0 Å². The first-order valence-corrected chi connectivity index (χ1v) is 8.07. The predicted molar refractivity (Wildman–Crippen MR) is 84.1 cm³/mol. The van der Waals surface area contributed by atoms with E-state index in [0.29, 0.717) is 4.75 Å². The van der Waals surface area contributed by atoms with Crippen molar-refractivity contribution in [2.75, 3.05) is 29.5 Å².